The van der Waals surface area contributed by atoms with Crippen LogP contribution in [0.3, 0.4) is 0 Å². The normalized spacial score (nSPS) is 16.6. The first kappa shape index (κ1) is 15.5. The summed E-state index contributed by atoms with van der Waals surface area (Å²) in [6.45, 7) is 0.752. The molecule has 1 saturated heterocycles. The maximum Gasteiger partial charge on any atom is 0.433 e. The minimum Gasteiger partial charge on any atom is -0.472 e. The number of nitrogens with zero attached hydrogens (tertiary/aromatic N) is 4. The molecule has 0 spiro atoms. The highest BCUT2D eigenvalue weighted by molar-refractivity contribution is 5.92. The number of carbonyl (C=O) groups is 1. The van der Waals surface area contributed by atoms with E-state index in [1.807, 2.05) is 6.07 Å². The molecule has 3 rings (SSSR count). The summed E-state index contributed by atoms with van der Waals surface area (Å²) in [6, 6.07) is 7.53. The van der Waals surface area contributed by atoms with Crippen LogP contribution >= 0.6 is 0 Å². The molecule has 1 aliphatic rings. The Bertz CT molecular complexity index is 825. The molecule has 0 N–H and O–H groups in total. The zero-order valence-corrected chi connectivity index (χ0v) is 12.4. The lowest BCUT2D eigenvalue weighted by molar-refractivity contribution is -0.402. The van der Waals surface area contributed by atoms with Crippen LogP contribution in [0, 0.1) is 21.4 Å². The fourth-order valence-electron chi connectivity index (χ4n) is 2.42. The maximum absolute atomic E-state index is 12.3. The van der Waals surface area contributed by atoms with Gasteiger partial charge in [0.25, 0.3) is 5.91 Å². The first-order chi connectivity index (χ1) is 11.6. The van der Waals surface area contributed by atoms with Crippen LogP contribution in [0.1, 0.15) is 22.5 Å². The molecule has 0 saturated carbocycles. The summed E-state index contributed by atoms with van der Waals surface area (Å²) in [5.74, 6) is -0.648. The smallest absolute Gasteiger partial charge is 0.433 e. The van der Waals surface area contributed by atoms with Gasteiger partial charge in [-0.2, -0.15) is 5.26 Å². The number of hydrogen-bond donors (Lipinski definition) is 0. The molecule has 1 amide bonds. The molecular formula is C15H12N4O5. The lowest BCUT2D eigenvalue weighted by Crippen LogP contribution is -2.30. The number of aromatic nitrogens is 1. The molecule has 122 valence electrons. The van der Waals surface area contributed by atoms with Gasteiger partial charge in [0.05, 0.1) is 24.2 Å². The number of likely N-dealkylation sites (tertiary alicyclic amines) is 1. The van der Waals surface area contributed by atoms with Crippen LogP contribution in [0.15, 0.2) is 34.9 Å². The van der Waals surface area contributed by atoms with Gasteiger partial charge in [0, 0.05) is 25.2 Å². The molecule has 2 aromatic rings. The topological polar surface area (TPSA) is 123 Å². The SMILES string of the molecule is N#Cc1ccnc(OC2CCN(C(=O)c3ccc([N+](=O)[O-])o3)C2)c1. The summed E-state index contributed by atoms with van der Waals surface area (Å²) in [7, 11) is 0. The maximum atomic E-state index is 12.3. The highest BCUT2D eigenvalue weighted by Crippen LogP contribution is 2.22. The van der Waals surface area contributed by atoms with Crippen LogP contribution in [-0.4, -0.2) is 39.9 Å². The van der Waals surface area contributed by atoms with E-state index in [0.717, 1.165) is 6.07 Å². The first-order valence-corrected chi connectivity index (χ1v) is 7.13. The van der Waals surface area contributed by atoms with Crippen LogP contribution in [0.5, 0.6) is 5.88 Å². The monoisotopic (exact) mass is 328 g/mol. The Balaban J connectivity index is 1.63. The van der Waals surface area contributed by atoms with E-state index in [0.29, 0.717) is 31.0 Å². The van der Waals surface area contributed by atoms with Gasteiger partial charge < -0.3 is 14.1 Å². The van der Waals surface area contributed by atoms with Crippen molar-refractivity contribution in [2.45, 2.75) is 12.5 Å². The molecule has 1 aliphatic heterocycles. The average Bonchev–Trinajstić information content (AvgIpc) is 3.24. The van der Waals surface area contributed by atoms with Crippen molar-refractivity contribution >= 4 is 11.8 Å². The number of nitriles is 1. The highest BCUT2D eigenvalue weighted by Gasteiger charge is 2.31. The zero-order valence-electron chi connectivity index (χ0n) is 12.4. The highest BCUT2D eigenvalue weighted by atomic mass is 16.6. The summed E-state index contributed by atoms with van der Waals surface area (Å²) in [5, 5.41) is 19.5. The van der Waals surface area contributed by atoms with Gasteiger partial charge in [-0.1, -0.05) is 0 Å². The van der Waals surface area contributed by atoms with Gasteiger partial charge in [0.2, 0.25) is 5.88 Å². The number of hydrogen-bond acceptors (Lipinski definition) is 7. The van der Waals surface area contributed by atoms with Crippen LogP contribution in [0.2, 0.25) is 0 Å². The number of ether oxygens (including phenoxy) is 1. The Morgan fingerprint density at radius 3 is 3.04 bits per heavy atom. The van der Waals surface area contributed by atoms with Crippen molar-refractivity contribution in [1.29, 1.82) is 5.26 Å². The predicted octanol–water partition coefficient (Wildman–Crippen LogP) is 1.75. The second-order valence-corrected chi connectivity index (χ2v) is 5.17. The Morgan fingerprint density at radius 2 is 2.33 bits per heavy atom. The van der Waals surface area contributed by atoms with Crippen molar-refractivity contribution in [2.24, 2.45) is 0 Å². The molecular weight excluding hydrogens is 316 g/mol. The second-order valence-electron chi connectivity index (χ2n) is 5.17. The summed E-state index contributed by atoms with van der Waals surface area (Å²) in [5.41, 5.74) is 0.439. The number of furan rings is 1. The average molecular weight is 328 g/mol. The number of rotatable bonds is 4. The zero-order chi connectivity index (χ0) is 17.1. The Kier molecular flexibility index (Phi) is 4.11. The van der Waals surface area contributed by atoms with Gasteiger partial charge in [0.15, 0.2) is 5.76 Å². The molecule has 3 heterocycles. The Morgan fingerprint density at radius 1 is 1.50 bits per heavy atom. The lowest BCUT2D eigenvalue weighted by atomic mass is 10.3. The minimum atomic E-state index is -0.694. The molecule has 0 bridgehead atoms. The van der Waals surface area contributed by atoms with E-state index in [1.54, 1.807) is 6.07 Å². The molecule has 0 aromatic carbocycles. The van der Waals surface area contributed by atoms with Gasteiger partial charge in [-0.05, 0) is 12.1 Å². The third-order valence-electron chi connectivity index (χ3n) is 3.57. The second kappa shape index (κ2) is 6.37. The summed E-state index contributed by atoms with van der Waals surface area (Å²) in [4.78, 5) is 27.7. The largest absolute Gasteiger partial charge is 0.472 e. The molecule has 1 unspecified atom stereocenters. The Labute approximate surface area is 136 Å². The van der Waals surface area contributed by atoms with E-state index in [4.69, 9.17) is 14.4 Å². The number of amides is 1. The van der Waals surface area contributed by atoms with E-state index in [9.17, 15) is 14.9 Å². The first-order valence-electron chi connectivity index (χ1n) is 7.13. The number of pyridine rings is 1. The van der Waals surface area contributed by atoms with Crippen molar-refractivity contribution in [1.82, 2.24) is 9.88 Å². The quantitative estimate of drug-likeness (QED) is 0.618. The minimum absolute atomic E-state index is 0.0769. The predicted molar refractivity (Wildman–Crippen MR) is 79.3 cm³/mol. The van der Waals surface area contributed by atoms with E-state index in [-0.39, 0.29) is 11.9 Å². The van der Waals surface area contributed by atoms with Gasteiger partial charge in [-0.25, -0.2) is 4.98 Å². The fourth-order valence-corrected chi connectivity index (χ4v) is 2.42. The van der Waals surface area contributed by atoms with Gasteiger partial charge in [0.1, 0.15) is 11.0 Å². The van der Waals surface area contributed by atoms with Gasteiger partial charge in [-0.15, -0.1) is 0 Å². The molecule has 0 aliphatic carbocycles. The standard InChI is InChI=1S/C15H12N4O5/c16-8-10-3-5-17-13(7-10)23-11-4-6-18(9-11)15(20)12-1-2-14(24-12)19(21)22/h1-3,5,7,11H,4,6,9H2. The van der Waals surface area contributed by atoms with Crippen LogP contribution < -0.4 is 4.74 Å². The lowest BCUT2D eigenvalue weighted by Gasteiger charge is -2.15. The van der Waals surface area contributed by atoms with Crippen LogP contribution in [-0.2, 0) is 0 Å². The van der Waals surface area contributed by atoms with Crippen molar-refractivity contribution in [3.63, 3.8) is 0 Å². The Hall–Kier alpha value is -3.41. The molecule has 9 heteroatoms. The van der Waals surface area contributed by atoms with Crippen molar-refractivity contribution < 1.29 is 18.9 Å². The van der Waals surface area contributed by atoms with Gasteiger partial charge >= 0.3 is 5.88 Å². The fraction of sp³-hybridized carbons (Fsp3) is 0.267. The third-order valence-corrected chi connectivity index (χ3v) is 3.57. The molecule has 1 atom stereocenters. The molecule has 2 aromatic heterocycles. The van der Waals surface area contributed by atoms with Crippen molar-refractivity contribution in [2.75, 3.05) is 13.1 Å². The van der Waals surface area contributed by atoms with E-state index in [2.05, 4.69) is 4.98 Å². The number of nitro groups is 1. The summed E-state index contributed by atoms with van der Waals surface area (Å²) in [6.07, 6.45) is 1.81. The third kappa shape index (κ3) is 3.17. The molecule has 0 radical (unpaired) electrons. The van der Waals surface area contributed by atoms with E-state index >= 15 is 0 Å². The van der Waals surface area contributed by atoms with Crippen molar-refractivity contribution in [3.05, 3.63) is 51.9 Å². The molecule has 1 fully saturated rings. The van der Waals surface area contributed by atoms with E-state index in [1.165, 1.54) is 23.2 Å². The van der Waals surface area contributed by atoms with Crippen LogP contribution in [0.4, 0.5) is 5.88 Å². The van der Waals surface area contributed by atoms with Crippen molar-refractivity contribution in [3.8, 4) is 11.9 Å². The number of carbonyl (C=O) groups excluding carboxylic acids is 1. The summed E-state index contributed by atoms with van der Waals surface area (Å²) < 4.78 is 10.6. The van der Waals surface area contributed by atoms with Crippen LogP contribution in [0.25, 0.3) is 0 Å². The summed E-state index contributed by atoms with van der Waals surface area (Å²) >= 11 is 0. The molecule has 24 heavy (non-hydrogen) atoms. The van der Waals surface area contributed by atoms with Gasteiger partial charge in [-0.3, -0.25) is 14.9 Å². The molecule has 9 nitrogen and oxygen atoms in total. The van der Waals surface area contributed by atoms with E-state index < -0.39 is 16.7 Å².